The Kier molecular flexibility index (Phi) is 12.7. The summed E-state index contributed by atoms with van der Waals surface area (Å²) in [7, 11) is 0. The molecular weight excluding hydrogens is 494 g/mol. The number of carbonyl (C=O) groups excluding carboxylic acids is 3. The molecule has 1 saturated heterocycles. The van der Waals surface area contributed by atoms with Crippen molar-refractivity contribution in [3.05, 3.63) is 33.7 Å². The van der Waals surface area contributed by atoms with Crippen LogP contribution in [0.3, 0.4) is 0 Å². The fourth-order valence-corrected chi connectivity index (χ4v) is 5.24. The van der Waals surface area contributed by atoms with Crippen molar-refractivity contribution in [1.82, 2.24) is 10.2 Å². The molecule has 1 aromatic heterocycles. The normalized spacial score (nSPS) is 18.8. The first kappa shape index (κ1) is 30.2. The molecule has 3 heterocycles. The summed E-state index contributed by atoms with van der Waals surface area (Å²) >= 11 is 2.71. The summed E-state index contributed by atoms with van der Waals surface area (Å²) in [6.07, 6.45) is -0.00680. The molecule has 3 N–H and O–H groups in total. The van der Waals surface area contributed by atoms with E-state index in [1.165, 1.54) is 23.1 Å². The second-order valence-corrected chi connectivity index (χ2v) is 9.01. The van der Waals surface area contributed by atoms with Gasteiger partial charge in [0.05, 0.1) is 6.42 Å². The summed E-state index contributed by atoms with van der Waals surface area (Å²) in [4.78, 5) is 60.8. The number of rotatable bonds is 10. The predicted molar refractivity (Wildman–Crippen MR) is 124 cm³/mol. The molecule has 14 heteroatoms. The molecule has 0 radical (unpaired) electrons. The van der Waals surface area contributed by atoms with E-state index in [1.807, 2.05) is 17.5 Å². The quantitative estimate of drug-likeness (QED) is 0.213. The first-order valence-electron chi connectivity index (χ1n) is 9.37. The number of ether oxygens (including phenoxy) is 1. The third-order valence-corrected chi connectivity index (χ3v) is 6.88. The van der Waals surface area contributed by atoms with Crippen molar-refractivity contribution in [1.29, 1.82) is 0 Å². The number of carboxylic acids is 2. The number of carboxylic acid groups (broad SMARTS) is 2. The first-order chi connectivity index (χ1) is 14.8. The van der Waals surface area contributed by atoms with Crippen LogP contribution in [0, 0.1) is 0 Å². The van der Waals surface area contributed by atoms with Gasteiger partial charge in [0.2, 0.25) is 5.91 Å². The summed E-state index contributed by atoms with van der Waals surface area (Å²) in [5.74, 6) is -3.61. The van der Waals surface area contributed by atoms with E-state index in [4.69, 9.17) is 9.84 Å². The summed E-state index contributed by atoms with van der Waals surface area (Å²) in [5.41, 5.74) is 0.0351. The van der Waals surface area contributed by atoms with Crippen molar-refractivity contribution in [3.63, 3.8) is 0 Å². The Morgan fingerprint density at radius 3 is 2.52 bits per heavy atom. The van der Waals surface area contributed by atoms with Gasteiger partial charge in [-0.3, -0.25) is 24.1 Å². The van der Waals surface area contributed by atoms with Gasteiger partial charge in [-0.05, 0) is 17.9 Å². The number of thioether (sulfide) groups is 1. The van der Waals surface area contributed by atoms with Crippen LogP contribution in [-0.4, -0.2) is 128 Å². The number of carbonyl (C=O) groups is 5. The minimum atomic E-state index is -1.32. The fourth-order valence-electron chi connectivity index (χ4n) is 3.21. The van der Waals surface area contributed by atoms with Gasteiger partial charge in [-0.2, -0.15) is 0 Å². The average molecular weight is 517 g/mol. The average Bonchev–Trinajstić information content (AvgIpc) is 3.22. The maximum atomic E-state index is 12.6. The number of hydrogen-bond donors (Lipinski definition) is 3. The van der Waals surface area contributed by atoms with Gasteiger partial charge in [-0.25, -0.2) is 4.79 Å². The van der Waals surface area contributed by atoms with Crippen molar-refractivity contribution >= 4 is 112 Å². The number of β-lactam (4-membered cyclic amide) rings is 1. The molecule has 0 unspecified atom stereocenters. The number of hydrogen-bond acceptors (Lipinski definition) is 8. The topological polar surface area (TPSA) is 150 Å². The zero-order chi connectivity index (χ0) is 22.5. The van der Waals surface area contributed by atoms with Crippen molar-refractivity contribution in [3.8, 4) is 0 Å². The van der Waals surface area contributed by atoms with Crippen molar-refractivity contribution < 1.29 is 38.9 Å². The number of thiophene rings is 1. The number of nitrogens with one attached hydrogen (secondary N) is 1. The SMILES string of the molecule is O=C(O)CCCC(=O)OCC1=C(C(=O)O)N2C(=O)[C@@H](NC(=O)Cc3cccs3)[C@H]2SC1.[NaH].[NaH]. The molecule has 1 aromatic rings. The molecule has 10 nitrogen and oxygen atoms in total. The monoisotopic (exact) mass is 516 g/mol. The Hall–Kier alpha value is -0.860. The molecule has 2 atom stereocenters. The number of nitrogens with zero attached hydrogens (tertiary/aromatic N) is 1. The van der Waals surface area contributed by atoms with Crippen LogP contribution in [0.1, 0.15) is 24.1 Å². The van der Waals surface area contributed by atoms with Gasteiger partial charge in [0, 0.05) is 29.0 Å². The standard InChI is InChI=1S/C19H20N2O8S2.2Na.2H/c22-12(7-11-3-2-6-30-11)20-15-17(26)21-16(19(27)28)10(9-31-18(15)21)8-29-14(25)5-1-4-13(23)24;;;;/h2-3,6,15,18H,1,4-5,7-9H2,(H,20,22)(H,23,24)(H,27,28);;;;/t15-,18-;;;;/m1..../s1. The van der Waals surface area contributed by atoms with E-state index in [2.05, 4.69) is 5.32 Å². The summed E-state index contributed by atoms with van der Waals surface area (Å²) in [6.45, 7) is -0.299. The Morgan fingerprint density at radius 1 is 1.18 bits per heavy atom. The molecule has 33 heavy (non-hydrogen) atoms. The Labute approximate surface area is 242 Å². The van der Waals surface area contributed by atoms with Crippen molar-refractivity contribution in [2.45, 2.75) is 37.1 Å². The Bertz CT molecular complexity index is 938. The van der Waals surface area contributed by atoms with Gasteiger partial charge in [0.25, 0.3) is 5.91 Å². The van der Waals surface area contributed by atoms with Gasteiger partial charge in [0.1, 0.15) is 23.7 Å². The van der Waals surface area contributed by atoms with E-state index >= 15 is 0 Å². The van der Waals surface area contributed by atoms with Crippen LogP contribution in [0.4, 0.5) is 0 Å². The second kappa shape index (κ2) is 13.9. The maximum absolute atomic E-state index is 12.6. The number of amides is 2. The number of fused-ring (bicyclic) bond motifs is 1. The van der Waals surface area contributed by atoms with Gasteiger partial charge >= 0.3 is 77.0 Å². The molecule has 0 spiro atoms. The van der Waals surface area contributed by atoms with Gasteiger partial charge in [0.15, 0.2) is 0 Å². The van der Waals surface area contributed by atoms with Crippen LogP contribution in [0.15, 0.2) is 28.8 Å². The fraction of sp³-hybridized carbons (Fsp3) is 0.421. The van der Waals surface area contributed by atoms with Crippen molar-refractivity contribution in [2.75, 3.05) is 12.4 Å². The van der Waals surface area contributed by atoms with Crippen LogP contribution < -0.4 is 5.32 Å². The Balaban J connectivity index is 0.00000272. The molecule has 170 valence electrons. The molecule has 3 rings (SSSR count). The minimum absolute atomic E-state index is 0. The van der Waals surface area contributed by atoms with Crippen molar-refractivity contribution in [2.24, 2.45) is 0 Å². The predicted octanol–water partition coefficient (Wildman–Crippen LogP) is -0.470. The van der Waals surface area contributed by atoms with Gasteiger partial charge in [-0.15, -0.1) is 23.1 Å². The first-order valence-corrected chi connectivity index (χ1v) is 11.3. The van der Waals surface area contributed by atoms with Crippen LogP contribution in [0.25, 0.3) is 0 Å². The Morgan fingerprint density at radius 2 is 1.91 bits per heavy atom. The second-order valence-electron chi connectivity index (χ2n) is 6.88. The van der Waals surface area contributed by atoms with E-state index in [-0.39, 0.29) is 114 Å². The molecule has 0 aromatic carbocycles. The van der Waals surface area contributed by atoms with Crippen LogP contribution in [0.2, 0.25) is 0 Å². The molecule has 1 fully saturated rings. The van der Waals surface area contributed by atoms with Gasteiger partial charge < -0.3 is 20.3 Å². The molecular formula is C19H22N2Na2O8S2. The van der Waals surface area contributed by atoms with Gasteiger partial charge in [-0.1, -0.05) is 6.07 Å². The van der Waals surface area contributed by atoms with Crippen LogP contribution >= 0.6 is 23.1 Å². The van der Waals surface area contributed by atoms with E-state index in [9.17, 15) is 29.1 Å². The number of aliphatic carboxylic acids is 2. The zero-order valence-corrected chi connectivity index (χ0v) is 17.9. The molecule has 2 amide bonds. The molecule has 2 aliphatic heterocycles. The third kappa shape index (κ3) is 7.82. The molecule has 0 bridgehead atoms. The van der Waals surface area contributed by atoms with E-state index in [0.29, 0.717) is 0 Å². The molecule has 0 saturated carbocycles. The summed E-state index contributed by atoms with van der Waals surface area (Å²) in [6, 6.07) is 2.83. The summed E-state index contributed by atoms with van der Waals surface area (Å²) < 4.78 is 5.06. The number of esters is 1. The van der Waals surface area contributed by atoms with Crippen LogP contribution in [-0.2, 0) is 35.1 Å². The molecule has 2 aliphatic rings. The van der Waals surface area contributed by atoms with E-state index in [0.717, 1.165) is 9.78 Å². The van der Waals surface area contributed by atoms with E-state index < -0.39 is 35.2 Å². The van der Waals surface area contributed by atoms with Crippen LogP contribution in [0.5, 0.6) is 0 Å². The zero-order valence-electron chi connectivity index (χ0n) is 16.2. The summed E-state index contributed by atoms with van der Waals surface area (Å²) in [5, 5.41) is 22.2. The third-order valence-electron chi connectivity index (χ3n) is 4.66. The molecule has 0 aliphatic carbocycles. The van der Waals surface area contributed by atoms with E-state index in [1.54, 1.807) is 0 Å².